The molecule has 1 fully saturated rings. The quantitative estimate of drug-likeness (QED) is 0.174. The van der Waals surface area contributed by atoms with Gasteiger partial charge in [-0.3, -0.25) is 14.7 Å². The molecule has 5 rings (SSSR count). The Kier molecular flexibility index (Phi) is 11.6. The lowest BCUT2D eigenvalue weighted by Gasteiger charge is -2.34. The highest BCUT2D eigenvalue weighted by molar-refractivity contribution is 6.31. The maximum absolute atomic E-state index is 14.4. The standard InChI is InChI=1S/C38H44ClN3O5/c1-26-33(36(43)45-3)34(30-16-10-11-17-31(30)39)35(32(41-26)24-46-23-20-40)37(44)47-38(2)19-22-42(25-38)21-18-29(27-12-6-4-7-13-27)28-14-8-5-9-15-28/h4-17,29,33-34H,18-25,40H2,1-3H3. The first kappa shape index (κ1) is 34.5. The zero-order valence-electron chi connectivity index (χ0n) is 27.4. The van der Waals surface area contributed by atoms with Crippen LogP contribution in [-0.4, -0.2) is 74.7 Å². The van der Waals surface area contributed by atoms with E-state index in [-0.39, 0.29) is 24.7 Å². The molecule has 2 aliphatic heterocycles. The van der Waals surface area contributed by atoms with Gasteiger partial charge in [0, 0.05) is 48.6 Å². The number of likely N-dealkylation sites (tertiary alicyclic amines) is 1. The van der Waals surface area contributed by atoms with Crippen LogP contribution in [0.2, 0.25) is 5.02 Å². The average Bonchev–Trinajstić information content (AvgIpc) is 3.45. The first-order valence-electron chi connectivity index (χ1n) is 16.2. The Hall–Kier alpha value is -3.82. The van der Waals surface area contributed by atoms with Crippen LogP contribution in [0.25, 0.3) is 0 Å². The molecule has 3 atom stereocenters. The van der Waals surface area contributed by atoms with Crippen LogP contribution in [0, 0.1) is 5.92 Å². The van der Waals surface area contributed by atoms with Crippen LogP contribution < -0.4 is 5.73 Å². The van der Waals surface area contributed by atoms with Crippen LogP contribution in [-0.2, 0) is 23.8 Å². The predicted octanol–water partition coefficient (Wildman–Crippen LogP) is 6.15. The number of nitrogens with two attached hydrogens (primary N) is 1. The average molecular weight is 658 g/mol. The molecule has 0 bridgehead atoms. The minimum absolute atomic E-state index is 0.0387. The molecule has 2 aliphatic rings. The Labute approximate surface area is 282 Å². The fourth-order valence-electron chi connectivity index (χ4n) is 6.82. The monoisotopic (exact) mass is 657 g/mol. The molecule has 0 radical (unpaired) electrons. The summed E-state index contributed by atoms with van der Waals surface area (Å²) in [5.74, 6) is -2.42. The number of benzene rings is 3. The SMILES string of the molecule is COC(=O)C1C(C)=NC(COCCN)=C(C(=O)OC2(C)CCN(CCC(c3ccccc3)c3ccccc3)C2)C1c1ccccc1Cl. The summed E-state index contributed by atoms with van der Waals surface area (Å²) < 4.78 is 17.4. The number of hydrogen-bond donors (Lipinski definition) is 1. The van der Waals surface area contributed by atoms with Crippen molar-refractivity contribution in [3.63, 3.8) is 0 Å². The maximum Gasteiger partial charge on any atom is 0.337 e. The molecule has 3 aromatic carbocycles. The number of aliphatic imine (C=N–C) groups is 1. The summed E-state index contributed by atoms with van der Waals surface area (Å²) in [4.78, 5) is 34.6. The van der Waals surface area contributed by atoms with Crippen LogP contribution in [0.3, 0.4) is 0 Å². The molecule has 3 unspecified atom stereocenters. The van der Waals surface area contributed by atoms with Crippen LogP contribution in [0.1, 0.15) is 55.2 Å². The van der Waals surface area contributed by atoms with Gasteiger partial charge in [-0.15, -0.1) is 0 Å². The smallest absolute Gasteiger partial charge is 0.337 e. The van der Waals surface area contributed by atoms with Crippen molar-refractivity contribution in [1.29, 1.82) is 0 Å². The molecule has 1 saturated heterocycles. The normalized spacial score (nSPS) is 21.5. The Morgan fingerprint density at radius 3 is 2.28 bits per heavy atom. The fourth-order valence-corrected chi connectivity index (χ4v) is 7.07. The lowest BCUT2D eigenvalue weighted by atomic mass is 9.75. The van der Waals surface area contributed by atoms with E-state index >= 15 is 0 Å². The van der Waals surface area contributed by atoms with E-state index in [1.165, 1.54) is 18.2 Å². The third-order valence-electron chi connectivity index (χ3n) is 9.12. The molecule has 47 heavy (non-hydrogen) atoms. The second kappa shape index (κ2) is 15.8. The summed E-state index contributed by atoms with van der Waals surface area (Å²) in [6.07, 6.45) is 1.60. The molecule has 0 aliphatic carbocycles. The molecule has 3 aromatic rings. The summed E-state index contributed by atoms with van der Waals surface area (Å²) in [5.41, 5.74) is 9.28. The predicted molar refractivity (Wildman–Crippen MR) is 185 cm³/mol. The second-order valence-electron chi connectivity index (χ2n) is 12.5. The van der Waals surface area contributed by atoms with E-state index < -0.39 is 29.4 Å². The third kappa shape index (κ3) is 8.19. The molecule has 2 heterocycles. The molecular weight excluding hydrogens is 614 g/mol. The molecule has 0 aromatic heterocycles. The van der Waals surface area contributed by atoms with Gasteiger partial charge in [-0.05, 0) is 49.6 Å². The minimum atomic E-state index is -0.860. The number of carbonyl (C=O) groups is 2. The van der Waals surface area contributed by atoms with Crippen LogP contribution in [0.15, 0.2) is 101 Å². The van der Waals surface area contributed by atoms with Crippen molar-refractivity contribution in [2.75, 3.05) is 46.5 Å². The highest BCUT2D eigenvalue weighted by Crippen LogP contribution is 2.43. The Bertz CT molecular complexity index is 1560. The number of rotatable bonds is 13. The summed E-state index contributed by atoms with van der Waals surface area (Å²) in [5, 5.41) is 0.429. The molecule has 9 heteroatoms. The summed E-state index contributed by atoms with van der Waals surface area (Å²) >= 11 is 6.71. The van der Waals surface area contributed by atoms with Crippen molar-refractivity contribution >= 4 is 29.3 Å². The van der Waals surface area contributed by atoms with Crippen LogP contribution >= 0.6 is 11.6 Å². The highest BCUT2D eigenvalue weighted by Gasteiger charge is 2.46. The largest absolute Gasteiger partial charge is 0.468 e. The van der Waals surface area contributed by atoms with E-state index in [4.69, 9.17) is 36.5 Å². The first-order chi connectivity index (χ1) is 22.7. The van der Waals surface area contributed by atoms with E-state index in [1.54, 1.807) is 13.0 Å². The number of halogens is 1. The van der Waals surface area contributed by atoms with Crippen molar-refractivity contribution in [3.8, 4) is 0 Å². The van der Waals surface area contributed by atoms with Gasteiger partial charge in [0.2, 0.25) is 0 Å². The van der Waals surface area contributed by atoms with E-state index in [1.807, 2.05) is 37.3 Å². The summed E-state index contributed by atoms with van der Waals surface area (Å²) in [6, 6.07) is 28.3. The fraction of sp³-hybridized carbons (Fsp3) is 0.395. The molecule has 0 spiro atoms. The van der Waals surface area contributed by atoms with Crippen molar-refractivity contribution in [2.24, 2.45) is 16.6 Å². The summed E-state index contributed by atoms with van der Waals surface area (Å²) in [7, 11) is 1.33. The minimum Gasteiger partial charge on any atom is -0.468 e. The third-order valence-corrected chi connectivity index (χ3v) is 9.47. The lowest BCUT2D eigenvalue weighted by Crippen LogP contribution is -2.41. The zero-order chi connectivity index (χ0) is 33.4. The number of hydrogen-bond acceptors (Lipinski definition) is 8. The molecule has 8 nitrogen and oxygen atoms in total. The number of nitrogens with zero attached hydrogens (tertiary/aromatic N) is 2. The van der Waals surface area contributed by atoms with E-state index in [0.29, 0.717) is 41.5 Å². The molecular formula is C38H44ClN3O5. The Morgan fingerprint density at radius 2 is 1.66 bits per heavy atom. The van der Waals surface area contributed by atoms with Gasteiger partial charge < -0.3 is 19.9 Å². The van der Waals surface area contributed by atoms with E-state index in [0.717, 1.165) is 19.5 Å². The number of ether oxygens (including phenoxy) is 3. The van der Waals surface area contributed by atoms with Crippen LogP contribution in [0.4, 0.5) is 0 Å². The molecule has 0 saturated carbocycles. The van der Waals surface area contributed by atoms with Crippen molar-refractivity contribution in [1.82, 2.24) is 4.90 Å². The maximum atomic E-state index is 14.4. The van der Waals surface area contributed by atoms with Gasteiger partial charge in [-0.25, -0.2) is 4.79 Å². The van der Waals surface area contributed by atoms with Gasteiger partial charge in [0.25, 0.3) is 0 Å². The van der Waals surface area contributed by atoms with Gasteiger partial charge >= 0.3 is 11.9 Å². The molecule has 2 N–H and O–H groups in total. The van der Waals surface area contributed by atoms with Gasteiger partial charge in [-0.2, -0.15) is 0 Å². The molecule has 248 valence electrons. The first-order valence-corrected chi connectivity index (χ1v) is 16.6. The second-order valence-corrected chi connectivity index (χ2v) is 12.9. The highest BCUT2D eigenvalue weighted by atomic mass is 35.5. The van der Waals surface area contributed by atoms with Gasteiger partial charge in [0.1, 0.15) is 11.5 Å². The van der Waals surface area contributed by atoms with E-state index in [2.05, 4.69) is 53.4 Å². The van der Waals surface area contributed by atoms with Crippen molar-refractivity contribution in [2.45, 2.75) is 44.1 Å². The van der Waals surface area contributed by atoms with Crippen molar-refractivity contribution < 1.29 is 23.8 Å². The number of methoxy groups -OCH3 is 1. The Morgan fingerprint density at radius 1 is 1.02 bits per heavy atom. The zero-order valence-corrected chi connectivity index (χ0v) is 28.1. The summed E-state index contributed by atoms with van der Waals surface area (Å²) in [6.45, 7) is 6.60. The van der Waals surface area contributed by atoms with Gasteiger partial charge in [0.15, 0.2) is 0 Å². The topological polar surface area (TPSA) is 103 Å². The number of carbonyl (C=O) groups excluding carboxylic acids is 2. The van der Waals surface area contributed by atoms with Crippen LogP contribution in [0.5, 0.6) is 0 Å². The lowest BCUT2D eigenvalue weighted by molar-refractivity contribution is -0.152. The Balaban J connectivity index is 1.39. The van der Waals surface area contributed by atoms with Gasteiger partial charge in [-0.1, -0.05) is 90.5 Å². The van der Waals surface area contributed by atoms with Crippen molar-refractivity contribution in [3.05, 3.63) is 118 Å². The number of esters is 2. The molecule has 0 amide bonds. The van der Waals surface area contributed by atoms with Gasteiger partial charge in [0.05, 0.1) is 31.6 Å². The van der Waals surface area contributed by atoms with E-state index in [9.17, 15) is 9.59 Å².